The van der Waals surface area contributed by atoms with Crippen molar-refractivity contribution >= 4 is 5.95 Å². The topological polar surface area (TPSA) is 70.3 Å². The number of nitrogens with two attached hydrogens (primary N) is 1. The SMILES string of the molecule is COc1cc(Oc2ccc3c(c2)CCC3)nc(N)n1. The number of anilines is 1. The number of ether oxygens (including phenoxy) is 2. The number of nitrogen functional groups attached to an aromatic ring is 1. The molecular weight excluding hydrogens is 242 g/mol. The van der Waals surface area contributed by atoms with Gasteiger partial charge in [-0.1, -0.05) is 6.07 Å². The molecule has 1 aromatic carbocycles. The second-order valence-electron chi connectivity index (χ2n) is 4.49. The molecule has 0 radical (unpaired) electrons. The zero-order valence-electron chi connectivity index (χ0n) is 10.7. The van der Waals surface area contributed by atoms with E-state index in [-0.39, 0.29) is 5.95 Å². The Labute approximate surface area is 111 Å². The van der Waals surface area contributed by atoms with Gasteiger partial charge in [0, 0.05) is 0 Å². The van der Waals surface area contributed by atoms with Crippen LogP contribution in [0.2, 0.25) is 0 Å². The van der Waals surface area contributed by atoms with Crippen LogP contribution in [0, 0.1) is 0 Å². The van der Waals surface area contributed by atoms with Gasteiger partial charge in [-0.25, -0.2) is 0 Å². The molecule has 0 aliphatic heterocycles. The van der Waals surface area contributed by atoms with Crippen LogP contribution in [0.1, 0.15) is 17.5 Å². The minimum atomic E-state index is 0.135. The fourth-order valence-electron chi connectivity index (χ4n) is 2.31. The molecule has 0 saturated carbocycles. The highest BCUT2D eigenvalue weighted by atomic mass is 16.5. The van der Waals surface area contributed by atoms with Crippen LogP contribution in [0.25, 0.3) is 0 Å². The van der Waals surface area contributed by atoms with Crippen LogP contribution in [-0.4, -0.2) is 17.1 Å². The Kier molecular flexibility index (Phi) is 2.95. The molecule has 0 unspecified atom stereocenters. The van der Waals surface area contributed by atoms with Gasteiger partial charge in [0.05, 0.1) is 13.2 Å². The maximum absolute atomic E-state index is 5.72. The third kappa shape index (κ3) is 2.45. The van der Waals surface area contributed by atoms with Crippen LogP contribution in [0.4, 0.5) is 5.95 Å². The van der Waals surface area contributed by atoms with Gasteiger partial charge in [-0.05, 0) is 42.5 Å². The number of nitrogens with zero attached hydrogens (tertiary/aromatic N) is 2. The molecule has 0 bridgehead atoms. The first kappa shape index (κ1) is 11.8. The lowest BCUT2D eigenvalue weighted by molar-refractivity contribution is 0.389. The first-order valence-electron chi connectivity index (χ1n) is 6.23. The second kappa shape index (κ2) is 4.76. The molecule has 0 atom stereocenters. The predicted molar refractivity (Wildman–Crippen MR) is 71.5 cm³/mol. The molecule has 98 valence electrons. The lowest BCUT2D eigenvalue weighted by Crippen LogP contribution is -1.99. The Morgan fingerprint density at radius 1 is 1.05 bits per heavy atom. The average molecular weight is 257 g/mol. The van der Waals surface area contributed by atoms with Gasteiger partial charge < -0.3 is 15.2 Å². The van der Waals surface area contributed by atoms with E-state index in [1.807, 2.05) is 6.07 Å². The summed E-state index contributed by atoms with van der Waals surface area (Å²) in [5.41, 5.74) is 8.36. The van der Waals surface area contributed by atoms with Crippen molar-refractivity contribution < 1.29 is 9.47 Å². The number of aromatic nitrogens is 2. The molecule has 2 aromatic rings. The molecule has 19 heavy (non-hydrogen) atoms. The summed E-state index contributed by atoms with van der Waals surface area (Å²) in [7, 11) is 1.53. The van der Waals surface area contributed by atoms with E-state index < -0.39 is 0 Å². The summed E-state index contributed by atoms with van der Waals surface area (Å²) in [5, 5.41) is 0. The van der Waals surface area contributed by atoms with E-state index in [2.05, 4.69) is 22.1 Å². The lowest BCUT2D eigenvalue weighted by Gasteiger charge is -2.08. The van der Waals surface area contributed by atoms with Gasteiger partial charge in [0.15, 0.2) is 0 Å². The Hall–Kier alpha value is -2.30. The molecule has 0 saturated heterocycles. The fourth-order valence-corrected chi connectivity index (χ4v) is 2.31. The molecule has 0 spiro atoms. The first-order valence-corrected chi connectivity index (χ1v) is 6.23. The van der Waals surface area contributed by atoms with E-state index in [1.165, 1.54) is 24.7 Å². The van der Waals surface area contributed by atoms with Crippen molar-refractivity contribution in [3.05, 3.63) is 35.4 Å². The number of rotatable bonds is 3. The molecular formula is C14H15N3O2. The van der Waals surface area contributed by atoms with Crippen LogP contribution >= 0.6 is 0 Å². The number of methoxy groups -OCH3 is 1. The molecule has 5 nitrogen and oxygen atoms in total. The summed E-state index contributed by atoms with van der Waals surface area (Å²) < 4.78 is 10.8. The van der Waals surface area contributed by atoms with Crippen molar-refractivity contribution in [2.24, 2.45) is 0 Å². The fraction of sp³-hybridized carbons (Fsp3) is 0.286. The summed E-state index contributed by atoms with van der Waals surface area (Å²) in [6.45, 7) is 0. The van der Waals surface area contributed by atoms with Crippen LogP contribution < -0.4 is 15.2 Å². The van der Waals surface area contributed by atoms with Gasteiger partial charge in [0.25, 0.3) is 0 Å². The Morgan fingerprint density at radius 3 is 2.68 bits per heavy atom. The first-order chi connectivity index (χ1) is 9.24. The normalized spacial score (nSPS) is 13.1. The number of hydrogen-bond acceptors (Lipinski definition) is 5. The van der Waals surface area contributed by atoms with E-state index in [9.17, 15) is 0 Å². The highest BCUT2D eigenvalue weighted by Gasteiger charge is 2.12. The summed E-state index contributed by atoms with van der Waals surface area (Å²) in [6.07, 6.45) is 3.48. The van der Waals surface area contributed by atoms with Crippen LogP contribution in [0.3, 0.4) is 0 Å². The van der Waals surface area contributed by atoms with Crippen LogP contribution in [-0.2, 0) is 12.8 Å². The van der Waals surface area contributed by atoms with Gasteiger partial charge in [-0.3, -0.25) is 0 Å². The van der Waals surface area contributed by atoms with Crippen LogP contribution in [0.15, 0.2) is 24.3 Å². The molecule has 1 aromatic heterocycles. The van der Waals surface area contributed by atoms with Gasteiger partial charge >= 0.3 is 0 Å². The predicted octanol–water partition coefficient (Wildman–Crippen LogP) is 2.35. The number of aryl methyl sites for hydroxylation is 2. The van der Waals surface area contributed by atoms with E-state index in [0.717, 1.165) is 18.6 Å². The van der Waals surface area contributed by atoms with E-state index >= 15 is 0 Å². The van der Waals surface area contributed by atoms with Crippen molar-refractivity contribution in [3.8, 4) is 17.5 Å². The van der Waals surface area contributed by atoms with Gasteiger partial charge in [-0.15, -0.1) is 0 Å². The van der Waals surface area contributed by atoms with Crippen molar-refractivity contribution in [1.29, 1.82) is 0 Å². The summed E-state index contributed by atoms with van der Waals surface area (Å²) in [6, 6.07) is 7.74. The molecule has 1 aliphatic carbocycles. The third-order valence-corrected chi connectivity index (χ3v) is 3.20. The second-order valence-corrected chi connectivity index (χ2v) is 4.49. The summed E-state index contributed by atoms with van der Waals surface area (Å²) in [4.78, 5) is 7.95. The van der Waals surface area contributed by atoms with E-state index in [4.69, 9.17) is 15.2 Å². The standard InChI is InChI=1S/C14H15N3O2/c1-18-12-8-13(17-14(15)16-12)19-11-6-5-9-3-2-4-10(9)7-11/h5-8H,2-4H2,1H3,(H2,15,16,17). The van der Waals surface area contributed by atoms with Gasteiger partial charge in [0.2, 0.25) is 17.7 Å². The molecule has 0 amide bonds. The minimum absolute atomic E-state index is 0.135. The highest BCUT2D eigenvalue weighted by Crippen LogP contribution is 2.29. The number of hydrogen-bond donors (Lipinski definition) is 1. The molecule has 2 N–H and O–H groups in total. The Bertz CT molecular complexity index is 614. The zero-order valence-corrected chi connectivity index (χ0v) is 10.7. The summed E-state index contributed by atoms with van der Waals surface area (Å²) in [5.74, 6) is 1.68. The zero-order chi connectivity index (χ0) is 13.2. The maximum Gasteiger partial charge on any atom is 0.227 e. The van der Waals surface area contributed by atoms with Crippen molar-refractivity contribution in [2.45, 2.75) is 19.3 Å². The Balaban J connectivity index is 1.86. The van der Waals surface area contributed by atoms with Crippen molar-refractivity contribution in [3.63, 3.8) is 0 Å². The number of fused-ring (bicyclic) bond motifs is 1. The summed E-state index contributed by atoms with van der Waals surface area (Å²) >= 11 is 0. The maximum atomic E-state index is 5.72. The quantitative estimate of drug-likeness (QED) is 0.913. The lowest BCUT2D eigenvalue weighted by atomic mass is 10.1. The molecule has 0 fully saturated rings. The van der Waals surface area contributed by atoms with E-state index in [0.29, 0.717) is 11.8 Å². The van der Waals surface area contributed by atoms with Crippen molar-refractivity contribution in [2.75, 3.05) is 12.8 Å². The van der Waals surface area contributed by atoms with Crippen LogP contribution in [0.5, 0.6) is 17.5 Å². The van der Waals surface area contributed by atoms with Gasteiger partial charge in [0.1, 0.15) is 5.75 Å². The molecule has 5 heteroatoms. The largest absolute Gasteiger partial charge is 0.481 e. The smallest absolute Gasteiger partial charge is 0.227 e. The van der Waals surface area contributed by atoms with Crippen molar-refractivity contribution in [1.82, 2.24) is 9.97 Å². The molecule has 1 heterocycles. The molecule has 1 aliphatic rings. The molecule has 3 rings (SSSR count). The Morgan fingerprint density at radius 2 is 1.84 bits per heavy atom. The van der Waals surface area contributed by atoms with Gasteiger partial charge in [-0.2, -0.15) is 9.97 Å². The minimum Gasteiger partial charge on any atom is -0.481 e. The van der Waals surface area contributed by atoms with E-state index in [1.54, 1.807) is 6.07 Å². The number of benzene rings is 1. The third-order valence-electron chi connectivity index (χ3n) is 3.20. The highest BCUT2D eigenvalue weighted by molar-refractivity contribution is 5.40. The average Bonchev–Trinajstić information content (AvgIpc) is 2.85. The monoisotopic (exact) mass is 257 g/mol.